The molecule has 3 aliphatic rings. The Morgan fingerprint density at radius 1 is 1.29 bits per heavy atom. The molecule has 1 atom stereocenters. The van der Waals surface area contributed by atoms with Crippen molar-refractivity contribution in [2.24, 2.45) is 5.92 Å². The molecule has 2 heterocycles. The van der Waals surface area contributed by atoms with Crippen LogP contribution in [0.1, 0.15) is 58.7 Å². The van der Waals surface area contributed by atoms with Crippen LogP contribution in [0.15, 0.2) is 56.1 Å². The van der Waals surface area contributed by atoms with Crippen molar-refractivity contribution in [3.05, 3.63) is 67.6 Å². The van der Waals surface area contributed by atoms with Crippen LogP contribution in [0.25, 0.3) is 16.7 Å². The molecule has 8 heteroatoms. The third kappa shape index (κ3) is 4.25. The molecular weight excluding hydrogens is 449 g/mol. The SMILES string of the molecule is CC1=C(C)C(c2nc3[nH]c(=O)nc(N[C@H](C)C4CCC4)c3n2CC2=CC=C(SF)CC2)=C=C=C1. The summed E-state index contributed by atoms with van der Waals surface area (Å²) in [6.07, 6.45) is 10.8. The molecule has 2 aromatic heterocycles. The predicted molar refractivity (Wildman–Crippen MR) is 136 cm³/mol. The molecule has 0 saturated heterocycles. The minimum Gasteiger partial charge on any atom is -0.365 e. The van der Waals surface area contributed by atoms with Crippen LogP contribution >= 0.6 is 12.1 Å². The number of allylic oxidation sites excluding steroid dienone is 8. The Morgan fingerprint density at radius 2 is 2.12 bits per heavy atom. The number of aromatic amines is 1. The van der Waals surface area contributed by atoms with Crippen molar-refractivity contribution in [1.29, 1.82) is 0 Å². The molecule has 0 amide bonds. The first-order valence-electron chi connectivity index (χ1n) is 11.8. The average molecular weight is 478 g/mol. The van der Waals surface area contributed by atoms with Crippen molar-refractivity contribution in [1.82, 2.24) is 19.5 Å². The standard InChI is InChI=1S/C26H28FN5OS/c1-15-6-4-9-21(16(15)2)25-29-24-22(32(25)14-18-10-12-20(34-27)13-11-18)23(30-26(33)31-24)28-17(3)19-7-5-8-19/h6,10,12,17,19H,5,7-8,11,13-14H2,1-3H3,(H2,28,30,31,33)/t17-/m1/s1. The van der Waals surface area contributed by atoms with Gasteiger partial charge in [-0.1, -0.05) is 35.6 Å². The lowest BCUT2D eigenvalue weighted by Crippen LogP contribution is -2.32. The zero-order valence-corrected chi connectivity index (χ0v) is 20.5. The van der Waals surface area contributed by atoms with Gasteiger partial charge in [0.1, 0.15) is 5.52 Å². The van der Waals surface area contributed by atoms with E-state index < -0.39 is 5.69 Å². The number of aromatic nitrogens is 4. The van der Waals surface area contributed by atoms with Gasteiger partial charge in [0.15, 0.2) is 17.3 Å². The fourth-order valence-electron chi connectivity index (χ4n) is 4.68. The highest BCUT2D eigenvalue weighted by Crippen LogP contribution is 2.35. The Kier molecular flexibility index (Phi) is 6.22. The van der Waals surface area contributed by atoms with Gasteiger partial charge in [-0.05, 0) is 69.6 Å². The van der Waals surface area contributed by atoms with E-state index in [1.807, 2.05) is 32.1 Å². The summed E-state index contributed by atoms with van der Waals surface area (Å²) in [5.74, 6) is 1.85. The number of halogens is 1. The second kappa shape index (κ2) is 9.30. The summed E-state index contributed by atoms with van der Waals surface area (Å²) in [6.45, 7) is 6.80. The maximum absolute atomic E-state index is 13.0. The lowest BCUT2D eigenvalue weighted by molar-refractivity contribution is 0.285. The fraction of sp³-hybridized carbons (Fsp3) is 0.423. The molecule has 0 bridgehead atoms. The van der Waals surface area contributed by atoms with E-state index in [1.165, 1.54) is 19.3 Å². The van der Waals surface area contributed by atoms with Gasteiger partial charge in [-0.3, -0.25) is 4.98 Å². The van der Waals surface area contributed by atoms with Crippen LogP contribution in [-0.2, 0) is 6.54 Å². The second-order valence-corrected chi connectivity index (χ2v) is 10.0. The number of hydrogen-bond acceptors (Lipinski definition) is 5. The topological polar surface area (TPSA) is 75.6 Å². The van der Waals surface area contributed by atoms with E-state index in [-0.39, 0.29) is 6.04 Å². The molecule has 176 valence electrons. The number of imidazole rings is 1. The van der Waals surface area contributed by atoms with Crippen molar-refractivity contribution in [3.63, 3.8) is 0 Å². The van der Waals surface area contributed by atoms with Crippen molar-refractivity contribution in [2.45, 2.75) is 65.5 Å². The highest BCUT2D eigenvalue weighted by molar-refractivity contribution is 7.98. The van der Waals surface area contributed by atoms with Gasteiger partial charge in [0.25, 0.3) is 0 Å². The van der Waals surface area contributed by atoms with Crippen molar-refractivity contribution in [2.75, 3.05) is 5.32 Å². The highest BCUT2D eigenvalue weighted by Gasteiger charge is 2.27. The Hall–Kier alpha value is -3.05. The molecule has 0 aromatic carbocycles. The molecule has 0 spiro atoms. The number of anilines is 1. The van der Waals surface area contributed by atoms with E-state index in [0.717, 1.165) is 39.1 Å². The second-order valence-electron chi connectivity index (χ2n) is 9.37. The van der Waals surface area contributed by atoms with E-state index >= 15 is 0 Å². The first kappa shape index (κ1) is 22.7. The summed E-state index contributed by atoms with van der Waals surface area (Å²) in [6, 6.07) is 0.208. The maximum atomic E-state index is 13.0. The number of hydrogen-bond donors (Lipinski definition) is 2. The van der Waals surface area contributed by atoms with E-state index in [4.69, 9.17) is 4.98 Å². The molecule has 0 unspecified atom stereocenters. The Labute approximate surface area is 202 Å². The predicted octanol–water partition coefficient (Wildman–Crippen LogP) is 5.99. The molecule has 2 N–H and O–H groups in total. The maximum Gasteiger partial charge on any atom is 0.348 e. The minimum absolute atomic E-state index is 0.208. The molecule has 5 rings (SSSR count). The largest absolute Gasteiger partial charge is 0.365 e. The molecular formula is C26H28FN5OS. The monoisotopic (exact) mass is 477 g/mol. The van der Waals surface area contributed by atoms with Crippen LogP contribution in [0.2, 0.25) is 0 Å². The zero-order chi connectivity index (χ0) is 23.8. The lowest BCUT2D eigenvalue weighted by Gasteiger charge is -2.32. The summed E-state index contributed by atoms with van der Waals surface area (Å²) < 4.78 is 15.1. The first-order chi connectivity index (χ1) is 16.4. The Balaban J connectivity index is 1.67. The average Bonchev–Trinajstić information content (AvgIpc) is 3.12. The summed E-state index contributed by atoms with van der Waals surface area (Å²) in [5.41, 5.74) is 11.4. The quantitative estimate of drug-likeness (QED) is 0.480. The highest BCUT2D eigenvalue weighted by atomic mass is 32.2. The molecule has 1 saturated carbocycles. The molecule has 0 aliphatic heterocycles. The van der Waals surface area contributed by atoms with Gasteiger partial charge in [0.2, 0.25) is 0 Å². The summed E-state index contributed by atoms with van der Waals surface area (Å²) in [7, 11) is 0. The number of fused-ring (bicyclic) bond motifs is 1. The molecule has 0 radical (unpaired) electrons. The van der Waals surface area contributed by atoms with Crippen LogP contribution < -0.4 is 11.0 Å². The molecule has 6 nitrogen and oxygen atoms in total. The van der Waals surface area contributed by atoms with Crippen molar-refractivity contribution in [3.8, 4) is 0 Å². The van der Waals surface area contributed by atoms with Gasteiger partial charge in [0, 0.05) is 17.5 Å². The summed E-state index contributed by atoms with van der Waals surface area (Å²) in [5, 5.41) is 3.52. The van der Waals surface area contributed by atoms with Gasteiger partial charge in [-0.15, -0.1) is 0 Å². The van der Waals surface area contributed by atoms with Gasteiger partial charge < -0.3 is 9.88 Å². The molecule has 3 aliphatic carbocycles. The molecule has 1 fully saturated rings. The van der Waals surface area contributed by atoms with Crippen LogP contribution in [0.5, 0.6) is 0 Å². The van der Waals surface area contributed by atoms with E-state index in [2.05, 4.69) is 38.2 Å². The Bertz CT molecular complexity index is 1410. The third-order valence-electron chi connectivity index (χ3n) is 7.19. The number of nitrogens with zero attached hydrogens (tertiary/aromatic N) is 3. The number of nitrogens with one attached hydrogen (secondary N) is 2. The number of rotatable bonds is 7. The number of H-pyrrole nitrogens is 1. The van der Waals surface area contributed by atoms with E-state index in [0.29, 0.717) is 48.3 Å². The van der Waals surface area contributed by atoms with Gasteiger partial charge in [0.05, 0.1) is 17.7 Å². The van der Waals surface area contributed by atoms with Gasteiger partial charge >= 0.3 is 5.69 Å². The van der Waals surface area contributed by atoms with E-state index in [1.54, 1.807) is 0 Å². The minimum atomic E-state index is -0.423. The zero-order valence-electron chi connectivity index (χ0n) is 19.7. The third-order valence-corrected chi connectivity index (χ3v) is 7.72. The van der Waals surface area contributed by atoms with Crippen LogP contribution in [-0.4, -0.2) is 25.6 Å². The normalized spacial score (nSPS) is 19.1. The van der Waals surface area contributed by atoms with Crippen LogP contribution in [0, 0.1) is 5.92 Å². The molecule has 34 heavy (non-hydrogen) atoms. The van der Waals surface area contributed by atoms with Gasteiger partial charge in [-0.25, -0.2) is 9.78 Å². The van der Waals surface area contributed by atoms with Crippen LogP contribution in [0.4, 0.5) is 9.70 Å². The van der Waals surface area contributed by atoms with Crippen LogP contribution in [0.3, 0.4) is 0 Å². The Morgan fingerprint density at radius 3 is 2.79 bits per heavy atom. The summed E-state index contributed by atoms with van der Waals surface area (Å²) >= 11 is 0.312. The summed E-state index contributed by atoms with van der Waals surface area (Å²) in [4.78, 5) is 25.2. The van der Waals surface area contributed by atoms with Crippen molar-refractivity contribution >= 4 is 34.7 Å². The van der Waals surface area contributed by atoms with Gasteiger partial charge in [-0.2, -0.15) is 8.87 Å². The van der Waals surface area contributed by atoms with Crippen molar-refractivity contribution < 1.29 is 3.89 Å². The smallest absolute Gasteiger partial charge is 0.348 e. The molecule has 2 aromatic rings. The first-order valence-corrected chi connectivity index (χ1v) is 12.5. The van der Waals surface area contributed by atoms with E-state index in [9.17, 15) is 8.68 Å². The fourth-order valence-corrected chi connectivity index (χ4v) is 4.98. The lowest BCUT2D eigenvalue weighted by atomic mass is 9.80.